The van der Waals surface area contributed by atoms with E-state index in [1.54, 1.807) is 20.8 Å². The molecule has 1 rings (SSSR count). The van der Waals surface area contributed by atoms with Crippen LogP contribution in [0.4, 0.5) is 0 Å². The maximum atomic E-state index is 12.1. The van der Waals surface area contributed by atoms with Gasteiger partial charge in [0.1, 0.15) is 0 Å². The third-order valence-corrected chi connectivity index (χ3v) is 3.51. The maximum absolute atomic E-state index is 12.1. The lowest BCUT2D eigenvalue weighted by Gasteiger charge is -2.35. The van der Waals surface area contributed by atoms with Crippen molar-refractivity contribution in [3.05, 3.63) is 0 Å². The minimum absolute atomic E-state index is 0.0894. The molecule has 0 aromatic heterocycles. The molecule has 1 N–H and O–H groups in total. The molecule has 4 heteroatoms. The second-order valence-corrected chi connectivity index (χ2v) is 6.65. The van der Waals surface area contributed by atoms with Gasteiger partial charge >= 0.3 is 11.9 Å². The van der Waals surface area contributed by atoms with Crippen molar-refractivity contribution in [1.82, 2.24) is 5.32 Å². The number of rotatable bonds is 2. The molecule has 0 saturated carbocycles. The fourth-order valence-corrected chi connectivity index (χ4v) is 1.98. The van der Waals surface area contributed by atoms with Crippen LogP contribution in [0.5, 0.6) is 0 Å². The van der Waals surface area contributed by atoms with Gasteiger partial charge in [0.2, 0.25) is 0 Å². The zero-order valence-electron chi connectivity index (χ0n) is 12.1. The monoisotopic (exact) mass is 255 g/mol. The van der Waals surface area contributed by atoms with E-state index in [-0.39, 0.29) is 6.04 Å². The highest BCUT2D eigenvalue weighted by molar-refractivity contribution is 5.91. The molecule has 1 aliphatic rings. The van der Waals surface area contributed by atoms with Crippen molar-refractivity contribution in [3.8, 4) is 0 Å². The fraction of sp³-hybridized carbons (Fsp3) is 0.857. The Morgan fingerprint density at radius 3 is 2.11 bits per heavy atom. The molecular weight excluding hydrogens is 230 g/mol. The highest BCUT2D eigenvalue weighted by Gasteiger charge is 2.41. The topological polar surface area (TPSA) is 55.4 Å². The van der Waals surface area contributed by atoms with Gasteiger partial charge in [-0.2, -0.15) is 0 Å². The second-order valence-electron chi connectivity index (χ2n) is 6.65. The predicted octanol–water partition coefficient (Wildman–Crippen LogP) is 2.27. The van der Waals surface area contributed by atoms with Gasteiger partial charge in [-0.15, -0.1) is 0 Å². The number of ether oxygens (including phenoxy) is 1. The van der Waals surface area contributed by atoms with Crippen LogP contribution in [-0.2, 0) is 14.3 Å². The molecule has 0 aromatic carbocycles. The molecule has 18 heavy (non-hydrogen) atoms. The number of carbonyl (C=O) groups excluding carboxylic acids is 2. The van der Waals surface area contributed by atoms with Crippen LogP contribution in [0.2, 0.25) is 0 Å². The van der Waals surface area contributed by atoms with Crippen LogP contribution in [0.15, 0.2) is 0 Å². The average molecular weight is 255 g/mol. The largest absolute Gasteiger partial charge is 0.392 e. The number of nitrogens with one attached hydrogen (secondary N) is 1. The third kappa shape index (κ3) is 3.55. The third-order valence-electron chi connectivity index (χ3n) is 3.51. The van der Waals surface area contributed by atoms with E-state index < -0.39 is 22.8 Å². The molecule has 1 saturated heterocycles. The average Bonchev–Trinajstić information content (AvgIpc) is 2.28. The van der Waals surface area contributed by atoms with Crippen molar-refractivity contribution in [1.29, 1.82) is 0 Å². The predicted molar refractivity (Wildman–Crippen MR) is 70.0 cm³/mol. The summed E-state index contributed by atoms with van der Waals surface area (Å²) in [5.74, 6) is -0.891. The van der Waals surface area contributed by atoms with Gasteiger partial charge in [0.15, 0.2) is 0 Å². The van der Waals surface area contributed by atoms with Gasteiger partial charge in [0.25, 0.3) is 0 Å². The zero-order chi connectivity index (χ0) is 14.0. The Bertz CT molecular complexity index is 322. The van der Waals surface area contributed by atoms with Crippen LogP contribution in [-0.4, -0.2) is 24.5 Å². The molecule has 0 aromatic rings. The lowest BCUT2D eigenvalue weighted by Crippen LogP contribution is -2.50. The van der Waals surface area contributed by atoms with Gasteiger partial charge in [-0.05, 0) is 54.0 Å². The number of carbonyl (C=O) groups is 2. The van der Waals surface area contributed by atoms with E-state index in [1.807, 2.05) is 13.8 Å². The number of hydrogen-bond acceptors (Lipinski definition) is 4. The van der Waals surface area contributed by atoms with Crippen molar-refractivity contribution in [3.63, 3.8) is 0 Å². The number of piperidine rings is 1. The SMILES string of the molecule is CC(C)(C)C(=O)OC(=O)C(C)(C)[C@H]1CCCCN1. The van der Waals surface area contributed by atoms with Crippen LogP contribution in [0, 0.1) is 10.8 Å². The Balaban J connectivity index is 2.66. The van der Waals surface area contributed by atoms with Crippen LogP contribution >= 0.6 is 0 Å². The van der Waals surface area contributed by atoms with Gasteiger partial charge in [-0.1, -0.05) is 6.42 Å². The summed E-state index contributed by atoms with van der Waals surface area (Å²) in [5.41, 5.74) is -1.31. The van der Waals surface area contributed by atoms with E-state index in [0.29, 0.717) is 0 Å². The van der Waals surface area contributed by atoms with Gasteiger partial charge in [0, 0.05) is 6.04 Å². The quantitative estimate of drug-likeness (QED) is 0.607. The van der Waals surface area contributed by atoms with Crippen molar-refractivity contribution in [2.45, 2.75) is 59.9 Å². The standard InChI is InChI=1S/C14H25NO3/c1-13(2,3)11(16)18-12(17)14(4,5)10-8-6-7-9-15-10/h10,15H,6-9H2,1-5H3/t10-/m1/s1. The van der Waals surface area contributed by atoms with Gasteiger partial charge in [-0.25, -0.2) is 0 Å². The summed E-state index contributed by atoms with van der Waals surface area (Å²) in [5, 5.41) is 3.34. The summed E-state index contributed by atoms with van der Waals surface area (Å²) < 4.78 is 5.01. The van der Waals surface area contributed by atoms with E-state index in [9.17, 15) is 9.59 Å². The molecule has 104 valence electrons. The number of hydrogen-bond donors (Lipinski definition) is 1. The highest BCUT2D eigenvalue weighted by Crippen LogP contribution is 2.29. The Kier molecular flexibility index (Phi) is 4.54. The summed E-state index contributed by atoms with van der Waals surface area (Å²) in [6.45, 7) is 9.84. The van der Waals surface area contributed by atoms with Crippen LogP contribution in [0.25, 0.3) is 0 Å². The Hall–Kier alpha value is -0.900. The molecule has 0 bridgehead atoms. The smallest absolute Gasteiger partial charge is 0.320 e. The van der Waals surface area contributed by atoms with E-state index in [2.05, 4.69) is 5.32 Å². The molecule has 0 aliphatic carbocycles. The Labute approximate surface area is 109 Å². The summed E-state index contributed by atoms with van der Waals surface area (Å²) in [6.07, 6.45) is 3.20. The van der Waals surface area contributed by atoms with Gasteiger partial charge in [-0.3, -0.25) is 9.59 Å². The molecule has 1 aliphatic heterocycles. The van der Waals surface area contributed by atoms with Gasteiger partial charge in [0.05, 0.1) is 10.8 Å². The first-order valence-electron chi connectivity index (χ1n) is 6.66. The summed E-state index contributed by atoms with van der Waals surface area (Å²) in [4.78, 5) is 23.9. The lowest BCUT2D eigenvalue weighted by atomic mass is 9.80. The van der Waals surface area contributed by atoms with E-state index in [0.717, 1.165) is 25.8 Å². The fourth-order valence-electron chi connectivity index (χ4n) is 1.98. The Morgan fingerprint density at radius 2 is 1.67 bits per heavy atom. The van der Waals surface area contributed by atoms with Crippen molar-refractivity contribution < 1.29 is 14.3 Å². The normalized spacial score (nSPS) is 21.5. The lowest BCUT2D eigenvalue weighted by molar-refractivity contribution is -0.172. The van der Waals surface area contributed by atoms with Crippen LogP contribution in [0.1, 0.15) is 53.9 Å². The molecule has 0 spiro atoms. The molecule has 0 amide bonds. The molecule has 0 radical (unpaired) electrons. The molecule has 4 nitrogen and oxygen atoms in total. The molecule has 1 heterocycles. The van der Waals surface area contributed by atoms with Crippen molar-refractivity contribution in [2.24, 2.45) is 10.8 Å². The second kappa shape index (κ2) is 5.39. The van der Waals surface area contributed by atoms with E-state index >= 15 is 0 Å². The minimum Gasteiger partial charge on any atom is -0.392 e. The summed E-state index contributed by atoms with van der Waals surface area (Å²) in [6, 6.07) is 0.0894. The Morgan fingerprint density at radius 1 is 1.06 bits per heavy atom. The van der Waals surface area contributed by atoms with Crippen LogP contribution in [0.3, 0.4) is 0 Å². The van der Waals surface area contributed by atoms with Crippen molar-refractivity contribution >= 4 is 11.9 Å². The highest BCUT2D eigenvalue weighted by atomic mass is 16.6. The first-order chi connectivity index (χ1) is 8.15. The number of esters is 2. The molecular formula is C14H25NO3. The first kappa shape index (κ1) is 15.2. The minimum atomic E-state index is -0.665. The van der Waals surface area contributed by atoms with Crippen molar-refractivity contribution in [2.75, 3.05) is 6.54 Å². The summed E-state index contributed by atoms with van der Waals surface area (Å²) in [7, 11) is 0. The molecule has 1 fully saturated rings. The van der Waals surface area contributed by atoms with E-state index in [4.69, 9.17) is 4.74 Å². The summed E-state index contributed by atoms with van der Waals surface area (Å²) >= 11 is 0. The van der Waals surface area contributed by atoms with E-state index in [1.165, 1.54) is 0 Å². The van der Waals surface area contributed by atoms with Crippen LogP contribution < -0.4 is 5.32 Å². The maximum Gasteiger partial charge on any atom is 0.320 e. The zero-order valence-corrected chi connectivity index (χ0v) is 12.1. The molecule has 1 atom stereocenters. The first-order valence-corrected chi connectivity index (χ1v) is 6.66. The molecule has 0 unspecified atom stereocenters. The van der Waals surface area contributed by atoms with Gasteiger partial charge < -0.3 is 10.1 Å².